The number of esters is 1. The van der Waals surface area contributed by atoms with Crippen molar-refractivity contribution in [1.29, 1.82) is 0 Å². The van der Waals surface area contributed by atoms with E-state index in [0.29, 0.717) is 25.5 Å². The summed E-state index contributed by atoms with van der Waals surface area (Å²) in [6.07, 6.45) is 2.39. The summed E-state index contributed by atoms with van der Waals surface area (Å²) >= 11 is 0. The first-order valence-electron chi connectivity index (χ1n) is 10.6. The summed E-state index contributed by atoms with van der Waals surface area (Å²) < 4.78 is 4.52. The van der Waals surface area contributed by atoms with Crippen molar-refractivity contribution in [3.05, 3.63) is 36.0 Å². The predicted molar refractivity (Wildman–Crippen MR) is 122 cm³/mol. The van der Waals surface area contributed by atoms with Crippen molar-refractivity contribution in [2.75, 3.05) is 38.0 Å². The van der Waals surface area contributed by atoms with E-state index < -0.39 is 11.9 Å². The second-order valence-electron chi connectivity index (χ2n) is 8.76. The van der Waals surface area contributed by atoms with Crippen LogP contribution in [0.1, 0.15) is 32.8 Å². The quantitative estimate of drug-likeness (QED) is 0.226. The van der Waals surface area contributed by atoms with Crippen LogP contribution >= 0.6 is 0 Å². The van der Waals surface area contributed by atoms with E-state index in [9.17, 15) is 9.59 Å². The number of amides is 1. The lowest BCUT2D eigenvalue weighted by Gasteiger charge is -2.18. The maximum absolute atomic E-state index is 12.0. The number of nitrogens with zero attached hydrogens (tertiary/aromatic N) is 3. The van der Waals surface area contributed by atoms with Crippen LogP contribution in [0.15, 0.2) is 30.5 Å². The van der Waals surface area contributed by atoms with Crippen LogP contribution < -0.4 is 21.5 Å². The Balaban J connectivity index is 1.72. The monoisotopic (exact) mass is 442 g/mol. The molecule has 0 aliphatic carbocycles. The number of ether oxygens (including phenoxy) is 1. The minimum Gasteiger partial charge on any atom is -0.462 e. The number of carbonyl (C=O) groups excluding carboxylic acids is 2. The van der Waals surface area contributed by atoms with Gasteiger partial charge in [-0.05, 0) is 29.5 Å². The van der Waals surface area contributed by atoms with Crippen molar-refractivity contribution >= 4 is 35.0 Å². The summed E-state index contributed by atoms with van der Waals surface area (Å²) in [6, 6.07) is 8.36. The Morgan fingerprint density at radius 3 is 2.56 bits per heavy atom. The van der Waals surface area contributed by atoms with E-state index in [1.807, 2.05) is 5.32 Å². The molecule has 1 saturated heterocycles. The number of rotatable bonds is 6. The number of quaternary nitrogens is 1. The number of nitrogens with one attached hydrogen (secondary N) is 3. The molecule has 1 unspecified atom stereocenters. The summed E-state index contributed by atoms with van der Waals surface area (Å²) in [7, 11) is 2.98. The van der Waals surface area contributed by atoms with E-state index in [0.717, 1.165) is 17.2 Å². The van der Waals surface area contributed by atoms with Crippen molar-refractivity contribution in [3.63, 3.8) is 0 Å². The number of hydrazine groups is 1. The molecule has 2 heterocycles. The minimum atomic E-state index is -0.848. The molecule has 10 nitrogen and oxygen atoms in total. The minimum absolute atomic E-state index is 0.0503. The van der Waals surface area contributed by atoms with Gasteiger partial charge in [0.05, 0.1) is 13.3 Å². The molecule has 2 aromatic rings. The fourth-order valence-corrected chi connectivity index (χ4v) is 3.50. The molecular formula is C22H32N7O3+. The molecule has 0 spiro atoms. The lowest BCUT2D eigenvalue weighted by molar-refractivity contribution is -0.482. The van der Waals surface area contributed by atoms with E-state index in [2.05, 4.69) is 75.9 Å². The lowest BCUT2D eigenvalue weighted by Crippen LogP contribution is -2.72. The maximum atomic E-state index is 12.0. The second kappa shape index (κ2) is 9.92. The molecule has 10 heteroatoms. The molecule has 1 aromatic heterocycles. The van der Waals surface area contributed by atoms with Crippen LogP contribution in [0.4, 0.5) is 23.1 Å². The Kier molecular flexibility index (Phi) is 7.26. The van der Waals surface area contributed by atoms with Gasteiger partial charge in [-0.2, -0.15) is 4.98 Å². The number of likely N-dealkylation sites (tertiary alicyclic amines) is 1. The largest absolute Gasteiger partial charge is 0.462 e. The van der Waals surface area contributed by atoms with Crippen LogP contribution in [0.25, 0.3) is 0 Å². The van der Waals surface area contributed by atoms with Gasteiger partial charge in [0.2, 0.25) is 5.95 Å². The van der Waals surface area contributed by atoms with Crippen molar-refractivity contribution in [1.82, 2.24) is 20.3 Å². The summed E-state index contributed by atoms with van der Waals surface area (Å²) in [4.78, 5) is 34.0. The fraction of sp³-hybridized carbons (Fsp3) is 0.455. The molecule has 1 atom stereocenters. The highest BCUT2D eigenvalue weighted by atomic mass is 16.5. The topological polar surface area (TPSA) is 125 Å². The summed E-state index contributed by atoms with van der Waals surface area (Å²) in [6.45, 7) is 7.43. The number of hydrogen-bond acceptors (Lipinski definition) is 8. The van der Waals surface area contributed by atoms with E-state index in [1.165, 1.54) is 17.6 Å². The standard InChI is InChI=1S/C22H31N7O3/c1-22(2,3)14-6-8-15(9-7-14)25-18-17(28-23-4)12-24-21(27-18)26-16-10-11-29(13-16)19(30)20(31)32-5/h6-9,12,16,23,28H,10-11,13H2,1-5H3,(H2,24,25,26,27)/p+1. The zero-order valence-corrected chi connectivity index (χ0v) is 19.2. The number of nitrogens with two attached hydrogens (primary N) is 1. The molecule has 3 rings (SSSR count). The van der Waals surface area contributed by atoms with Gasteiger partial charge < -0.3 is 20.4 Å². The molecular weight excluding hydrogens is 410 g/mol. The molecule has 172 valence electrons. The molecule has 1 fully saturated rings. The van der Waals surface area contributed by atoms with Gasteiger partial charge in [-0.15, -0.1) is 0 Å². The third kappa shape index (κ3) is 5.71. The SMILES string of the molecule is CNNc1cnc(NC2CCN(C(=O)C(=O)OC)C2)nc1[NH2+]c1ccc(C(C)(C)C)cc1. The Hall–Kier alpha value is -3.24. The summed E-state index contributed by atoms with van der Waals surface area (Å²) in [5.74, 6) is -0.291. The fourth-order valence-electron chi connectivity index (χ4n) is 3.50. The average Bonchev–Trinajstić information content (AvgIpc) is 3.22. The van der Waals surface area contributed by atoms with E-state index in [1.54, 1.807) is 13.2 Å². The van der Waals surface area contributed by atoms with E-state index in [-0.39, 0.29) is 11.5 Å². The second-order valence-corrected chi connectivity index (χ2v) is 8.76. The van der Waals surface area contributed by atoms with Crippen LogP contribution in [-0.2, 0) is 19.7 Å². The highest BCUT2D eigenvalue weighted by Crippen LogP contribution is 2.23. The first kappa shape index (κ1) is 23.4. The smallest absolute Gasteiger partial charge is 0.396 e. The molecule has 0 saturated carbocycles. The molecule has 0 bridgehead atoms. The number of aromatic nitrogens is 2. The maximum Gasteiger partial charge on any atom is 0.396 e. The predicted octanol–water partition coefficient (Wildman–Crippen LogP) is 1.03. The number of hydrogen-bond donors (Lipinski definition) is 4. The van der Waals surface area contributed by atoms with Crippen LogP contribution in [-0.4, -0.2) is 60.0 Å². The van der Waals surface area contributed by atoms with Crippen LogP contribution in [0.5, 0.6) is 0 Å². The zero-order valence-electron chi connectivity index (χ0n) is 19.2. The van der Waals surface area contributed by atoms with Gasteiger partial charge in [0.15, 0.2) is 5.69 Å². The van der Waals surface area contributed by atoms with Crippen molar-refractivity contribution in [3.8, 4) is 0 Å². The highest BCUT2D eigenvalue weighted by molar-refractivity contribution is 6.32. The summed E-state index contributed by atoms with van der Waals surface area (Å²) in [5, 5.41) is 5.26. The third-order valence-corrected chi connectivity index (χ3v) is 5.33. The van der Waals surface area contributed by atoms with Gasteiger partial charge in [0, 0.05) is 26.2 Å². The number of benzene rings is 1. The normalized spacial score (nSPS) is 16.0. The molecule has 1 aliphatic rings. The number of carbonyl (C=O) groups is 2. The Labute approximate surface area is 188 Å². The van der Waals surface area contributed by atoms with Gasteiger partial charge >= 0.3 is 11.9 Å². The Morgan fingerprint density at radius 2 is 1.94 bits per heavy atom. The molecule has 0 radical (unpaired) electrons. The molecule has 1 aromatic carbocycles. The Morgan fingerprint density at radius 1 is 1.22 bits per heavy atom. The number of anilines is 2. The van der Waals surface area contributed by atoms with Crippen molar-refractivity contribution in [2.24, 2.45) is 0 Å². The molecule has 1 amide bonds. The lowest BCUT2D eigenvalue weighted by atomic mass is 9.87. The van der Waals surface area contributed by atoms with Gasteiger partial charge in [0.25, 0.3) is 5.82 Å². The van der Waals surface area contributed by atoms with E-state index in [4.69, 9.17) is 0 Å². The van der Waals surface area contributed by atoms with Gasteiger partial charge in [-0.1, -0.05) is 32.9 Å². The first-order valence-corrected chi connectivity index (χ1v) is 10.6. The molecule has 5 N–H and O–H groups in total. The number of methoxy groups -OCH3 is 1. The highest BCUT2D eigenvalue weighted by Gasteiger charge is 2.31. The third-order valence-electron chi connectivity index (χ3n) is 5.33. The van der Waals surface area contributed by atoms with E-state index >= 15 is 0 Å². The Bertz CT molecular complexity index is 957. The van der Waals surface area contributed by atoms with Gasteiger partial charge in [-0.25, -0.2) is 15.2 Å². The van der Waals surface area contributed by atoms with Crippen LogP contribution in [0.3, 0.4) is 0 Å². The van der Waals surface area contributed by atoms with Crippen molar-refractivity contribution in [2.45, 2.75) is 38.6 Å². The molecule has 1 aliphatic heterocycles. The van der Waals surface area contributed by atoms with Gasteiger partial charge in [-0.3, -0.25) is 10.1 Å². The van der Waals surface area contributed by atoms with Crippen molar-refractivity contribution < 1.29 is 19.6 Å². The summed E-state index contributed by atoms with van der Waals surface area (Å²) in [5.41, 5.74) is 9.09. The first-order chi connectivity index (χ1) is 15.2. The van der Waals surface area contributed by atoms with Crippen LogP contribution in [0.2, 0.25) is 0 Å². The van der Waals surface area contributed by atoms with Crippen LogP contribution in [0, 0.1) is 0 Å². The zero-order chi connectivity index (χ0) is 23.3. The average molecular weight is 443 g/mol. The molecule has 32 heavy (non-hydrogen) atoms. The van der Waals surface area contributed by atoms with Gasteiger partial charge in [0.1, 0.15) is 5.69 Å².